The number of carbonyl (C=O) groups excluding carboxylic acids is 1. The smallest absolute Gasteiger partial charge is 0.326 e. The third-order valence-electron chi connectivity index (χ3n) is 2.81. The maximum absolute atomic E-state index is 11.7. The van der Waals surface area contributed by atoms with E-state index in [4.69, 9.17) is 9.84 Å². The zero-order valence-corrected chi connectivity index (χ0v) is 13.4. The molecule has 23 heavy (non-hydrogen) atoms. The maximum Gasteiger partial charge on any atom is 0.326 e. The monoisotopic (exact) mass is 342 g/mol. The number of nitrogens with one attached hydrogen (secondary N) is 1. The number of rotatable bonds is 10. The van der Waals surface area contributed by atoms with Gasteiger partial charge in [-0.15, -0.1) is 0 Å². The van der Waals surface area contributed by atoms with Gasteiger partial charge in [0, 0.05) is 12.1 Å². The van der Waals surface area contributed by atoms with Crippen LogP contribution in [0.15, 0.2) is 24.3 Å². The topological polar surface area (TPSA) is 119 Å². The first kappa shape index (κ1) is 18.8. The number of aliphatic carboxylic acids is 1. The minimum atomic E-state index is -1.09. The van der Waals surface area contributed by atoms with Crippen molar-refractivity contribution < 1.29 is 24.4 Å². The van der Waals surface area contributed by atoms with E-state index in [9.17, 15) is 19.7 Å². The van der Waals surface area contributed by atoms with Crippen LogP contribution in [-0.2, 0) is 9.59 Å². The van der Waals surface area contributed by atoms with Crippen LogP contribution >= 0.6 is 11.8 Å². The van der Waals surface area contributed by atoms with Gasteiger partial charge in [0.25, 0.3) is 11.6 Å². The van der Waals surface area contributed by atoms with E-state index in [-0.39, 0.29) is 12.3 Å². The van der Waals surface area contributed by atoms with Crippen molar-refractivity contribution in [1.29, 1.82) is 0 Å². The highest BCUT2D eigenvalue weighted by molar-refractivity contribution is 7.99. The van der Waals surface area contributed by atoms with E-state index in [0.717, 1.165) is 5.75 Å². The van der Waals surface area contributed by atoms with Gasteiger partial charge in [0.05, 0.1) is 4.92 Å². The zero-order valence-electron chi connectivity index (χ0n) is 12.6. The minimum Gasteiger partial charge on any atom is -0.484 e. The first-order valence-electron chi connectivity index (χ1n) is 6.91. The third kappa shape index (κ3) is 7.00. The predicted molar refractivity (Wildman–Crippen MR) is 85.8 cm³/mol. The van der Waals surface area contributed by atoms with Gasteiger partial charge < -0.3 is 15.2 Å². The van der Waals surface area contributed by atoms with Crippen LogP contribution in [0.5, 0.6) is 5.75 Å². The molecule has 0 radical (unpaired) electrons. The average Bonchev–Trinajstić information content (AvgIpc) is 2.52. The molecule has 0 saturated carbocycles. The van der Waals surface area contributed by atoms with Crippen LogP contribution < -0.4 is 10.1 Å². The normalized spacial score (nSPS) is 11.5. The second-order valence-electron chi connectivity index (χ2n) is 4.48. The average molecular weight is 342 g/mol. The fraction of sp³-hybridized carbons (Fsp3) is 0.429. The Bertz CT molecular complexity index is 549. The molecule has 0 spiro atoms. The molecule has 126 valence electrons. The van der Waals surface area contributed by atoms with Gasteiger partial charge in [-0.3, -0.25) is 14.9 Å². The molecule has 0 aliphatic heterocycles. The van der Waals surface area contributed by atoms with Crippen LogP contribution in [0.4, 0.5) is 5.69 Å². The lowest BCUT2D eigenvalue weighted by Gasteiger charge is -2.14. The number of nitrogens with zero attached hydrogens (tertiary/aromatic N) is 1. The maximum atomic E-state index is 11.7. The lowest BCUT2D eigenvalue weighted by atomic mass is 10.2. The number of thioether (sulfide) groups is 1. The number of nitro benzene ring substituents is 1. The number of benzene rings is 1. The number of amides is 1. The summed E-state index contributed by atoms with van der Waals surface area (Å²) in [6.45, 7) is 1.61. The van der Waals surface area contributed by atoms with Gasteiger partial charge in [-0.05, 0) is 30.1 Å². The van der Waals surface area contributed by atoms with Crippen LogP contribution in [-0.4, -0.2) is 46.1 Å². The molecule has 1 atom stereocenters. The van der Waals surface area contributed by atoms with Gasteiger partial charge in [0.15, 0.2) is 6.61 Å². The Labute approximate surface area is 137 Å². The van der Waals surface area contributed by atoms with E-state index in [0.29, 0.717) is 17.9 Å². The Kier molecular flexibility index (Phi) is 7.89. The molecule has 0 saturated heterocycles. The largest absolute Gasteiger partial charge is 0.484 e. The third-order valence-corrected chi connectivity index (χ3v) is 3.74. The molecule has 1 unspecified atom stereocenters. The van der Waals surface area contributed by atoms with Gasteiger partial charge >= 0.3 is 5.97 Å². The number of non-ortho nitro benzene ring substituents is 1. The van der Waals surface area contributed by atoms with E-state index in [2.05, 4.69) is 5.32 Å². The van der Waals surface area contributed by atoms with E-state index in [1.54, 1.807) is 11.8 Å². The molecule has 8 nitrogen and oxygen atoms in total. The molecule has 1 rings (SSSR count). The van der Waals surface area contributed by atoms with Crippen LogP contribution in [0.3, 0.4) is 0 Å². The molecule has 0 bridgehead atoms. The first-order valence-corrected chi connectivity index (χ1v) is 8.06. The van der Waals surface area contributed by atoms with Crippen molar-refractivity contribution in [3.63, 3.8) is 0 Å². The van der Waals surface area contributed by atoms with Gasteiger partial charge in [-0.1, -0.05) is 6.92 Å². The summed E-state index contributed by atoms with van der Waals surface area (Å²) in [5.41, 5.74) is -0.0823. The summed E-state index contributed by atoms with van der Waals surface area (Å²) >= 11 is 1.59. The summed E-state index contributed by atoms with van der Waals surface area (Å²) in [6, 6.07) is 4.31. The number of hydrogen-bond acceptors (Lipinski definition) is 6. The second-order valence-corrected chi connectivity index (χ2v) is 5.88. The molecule has 0 aromatic heterocycles. The fourth-order valence-electron chi connectivity index (χ4n) is 1.65. The van der Waals surface area contributed by atoms with Crippen molar-refractivity contribution in [1.82, 2.24) is 5.32 Å². The highest BCUT2D eigenvalue weighted by atomic mass is 32.2. The number of carbonyl (C=O) groups is 2. The molecule has 1 amide bonds. The first-order chi connectivity index (χ1) is 10.9. The Morgan fingerprint density at radius 2 is 2.04 bits per heavy atom. The molecule has 2 N–H and O–H groups in total. The van der Waals surface area contributed by atoms with Crippen molar-refractivity contribution in [2.24, 2.45) is 0 Å². The summed E-state index contributed by atoms with van der Waals surface area (Å²) < 4.78 is 5.18. The quantitative estimate of drug-likeness (QED) is 0.377. The van der Waals surface area contributed by atoms with Crippen LogP contribution in [0.1, 0.15) is 13.3 Å². The van der Waals surface area contributed by atoms with E-state index >= 15 is 0 Å². The van der Waals surface area contributed by atoms with Crippen LogP contribution in [0, 0.1) is 10.1 Å². The molecular formula is C14H18N2O6S. The van der Waals surface area contributed by atoms with Crippen molar-refractivity contribution in [3.05, 3.63) is 34.4 Å². The Morgan fingerprint density at radius 1 is 1.39 bits per heavy atom. The van der Waals surface area contributed by atoms with Crippen molar-refractivity contribution in [2.45, 2.75) is 19.4 Å². The van der Waals surface area contributed by atoms with Gasteiger partial charge in [0.2, 0.25) is 0 Å². The van der Waals surface area contributed by atoms with Gasteiger partial charge in [-0.2, -0.15) is 11.8 Å². The Morgan fingerprint density at radius 3 is 2.57 bits per heavy atom. The standard InChI is InChI=1S/C14H18N2O6S/c1-2-23-8-7-12(14(18)19)15-13(17)9-22-11-5-3-10(4-6-11)16(20)21/h3-6,12H,2,7-9H2,1H3,(H,15,17)(H,18,19). The summed E-state index contributed by atoms with van der Waals surface area (Å²) in [7, 11) is 0. The molecule has 0 fully saturated rings. The van der Waals surface area contributed by atoms with E-state index in [1.165, 1.54) is 24.3 Å². The molecule has 0 aliphatic rings. The van der Waals surface area contributed by atoms with Crippen molar-refractivity contribution in [2.75, 3.05) is 18.1 Å². The second kappa shape index (κ2) is 9.67. The summed E-state index contributed by atoms with van der Waals surface area (Å²) in [6.07, 6.45) is 0.330. The van der Waals surface area contributed by atoms with Gasteiger partial charge in [0.1, 0.15) is 11.8 Å². The summed E-state index contributed by atoms with van der Waals surface area (Å²) in [5.74, 6) is 0.155. The molecule has 1 aromatic rings. The molecule has 0 aliphatic carbocycles. The van der Waals surface area contributed by atoms with E-state index in [1.807, 2.05) is 6.92 Å². The Balaban J connectivity index is 2.45. The number of carboxylic acids is 1. The molecule has 0 heterocycles. The summed E-state index contributed by atoms with van der Waals surface area (Å²) in [5, 5.41) is 22.0. The number of ether oxygens (including phenoxy) is 1. The molecule has 1 aromatic carbocycles. The number of carboxylic acid groups (broad SMARTS) is 1. The SMILES string of the molecule is CCSCCC(NC(=O)COc1ccc([N+](=O)[O-])cc1)C(=O)O. The minimum absolute atomic E-state index is 0.0823. The zero-order chi connectivity index (χ0) is 17.2. The highest BCUT2D eigenvalue weighted by Gasteiger charge is 2.19. The van der Waals surface area contributed by atoms with Gasteiger partial charge in [-0.25, -0.2) is 4.79 Å². The lowest BCUT2D eigenvalue weighted by molar-refractivity contribution is -0.384. The molecular weight excluding hydrogens is 324 g/mol. The number of nitro groups is 1. The predicted octanol–water partition coefficient (Wildman–Crippen LogP) is 1.69. The lowest BCUT2D eigenvalue weighted by Crippen LogP contribution is -2.43. The number of hydrogen-bond donors (Lipinski definition) is 2. The van der Waals surface area contributed by atoms with Crippen LogP contribution in [0.2, 0.25) is 0 Å². The van der Waals surface area contributed by atoms with Crippen LogP contribution in [0.25, 0.3) is 0 Å². The highest BCUT2D eigenvalue weighted by Crippen LogP contribution is 2.17. The van der Waals surface area contributed by atoms with E-state index < -0.39 is 22.8 Å². The van der Waals surface area contributed by atoms with Crippen molar-refractivity contribution in [3.8, 4) is 5.75 Å². The van der Waals surface area contributed by atoms with Crippen molar-refractivity contribution >= 4 is 29.3 Å². The fourth-order valence-corrected chi connectivity index (χ4v) is 2.34. The molecule has 9 heteroatoms. The Hall–Kier alpha value is -2.29. The summed E-state index contributed by atoms with van der Waals surface area (Å²) in [4.78, 5) is 32.8.